The minimum atomic E-state index is -0.466. The summed E-state index contributed by atoms with van der Waals surface area (Å²) in [6.07, 6.45) is 4.92. The van der Waals surface area contributed by atoms with E-state index in [1.807, 2.05) is 0 Å². The molecule has 26 heavy (non-hydrogen) atoms. The molecule has 0 saturated heterocycles. The zero-order valence-corrected chi connectivity index (χ0v) is 15.9. The SMILES string of the molecule is Cc1c(C(=O)OC(C)C)sc2ncn(CC(=O)OC3CCCC3)c(=O)c12. The second-order valence-corrected chi connectivity index (χ2v) is 7.76. The standard InChI is InChI=1S/C18H22N2O5S/c1-10(2)24-18(23)15-11(3)14-16(26-15)19-9-20(17(14)22)8-13(21)25-12-6-4-5-7-12/h9-10,12H,4-8H2,1-3H3. The Balaban J connectivity index is 1.85. The molecular weight excluding hydrogens is 356 g/mol. The molecule has 140 valence electrons. The molecule has 0 spiro atoms. The van der Waals surface area contributed by atoms with Gasteiger partial charge in [-0.15, -0.1) is 11.3 Å². The summed E-state index contributed by atoms with van der Waals surface area (Å²) < 4.78 is 11.9. The largest absolute Gasteiger partial charge is 0.461 e. The van der Waals surface area contributed by atoms with Gasteiger partial charge in [0.1, 0.15) is 22.4 Å². The summed E-state index contributed by atoms with van der Waals surface area (Å²) in [6.45, 7) is 5.04. The van der Waals surface area contributed by atoms with Crippen molar-refractivity contribution in [3.05, 3.63) is 27.1 Å². The van der Waals surface area contributed by atoms with Crippen molar-refractivity contribution in [2.24, 2.45) is 0 Å². The fourth-order valence-corrected chi connectivity index (χ4v) is 4.12. The van der Waals surface area contributed by atoms with E-state index in [0.29, 0.717) is 20.7 Å². The monoisotopic (exact) mass is 378 g/mol. The minimum absolute atomic E-state index is 0.0461. The highest BCUT2D eigenvalue weighted by Crippen LogP contribution is 2.27. The average Bonchev–Trinajstić information content (AvgIpc) is 3.17. The van der Waals surface area contributed by atoms with Gasteiger partial charge in [0, 0.05) is 0 Å². The van der Waals surface area contributed by atoms with Crippen LogP contribution < -0.4 is 5.56 Å². The second kappa shape index (κ2) is 7.57. The van der Waals surface area contributed by atoms with Crippen LogP contribution in [0.4, 0.5) is 0 Å². The lowest BCUT2D eigenvalue weighted by Crippen LogP contribution is -2.27. The number of carbonyl (C=O) groups excluding carboxylic acids is 2. The molecular formula is C18H22N2O5S. The van der Waals surface area contributed by atoms with Crippen LogP contribution in [0.5, 0.6) is 0 Å². The Morgan fingerprint density at radius 2 is 2.04 bits per heavy atom. The third-order valence-electron chi connectivity index (χ3n) is 4.35. The molecule has 0 amide bonds. The highest BCUT2D eigenvalue weighted by molar-refractivity contribution is 7.20. The summed E-state index contributed by atoms with van der Waals surface area (Å²) in [6, 6.07) is 0. The van der Waals surface area contributed by atoms with Gasteiger partial charge in [0.05, 0.1) is 17.8 Å². The average molecular weight is 378 g/mol. The molecule has 3 rings (SSSR count). The van der Waals surface area contributed by atoms with E-state index in [1.165, 1.54) is 10.9 Å². The van der Waals surface area contributed by atoms with Crippen molar-refractivity contribution in [1.82, 2.24) is 9.55 Å². The predicted molar refractivity (Wildman–Crippen MR) is 97.5 cm³/mol. The number of hydrogen-bond acceptors (Lipinski definition) is 7. The van der Waals surface area contributed by atoms with Crippen LogP contribution in [-0.2, 0) is 20.8 Å². The van der Waals surface area contributed by atoms with Gasteiger partial charge in [0.25, 0.3) is 5.56 Å². The van der Waals surface area contributed by atoms with Crippen molar-refractivity contribution in [2.45, 2.75) is 65.2 Å². The number of carbonyl (C=O) groups is 2. The lowest BCUT2D eigenvalue weighted by molar-refractivity contribution is -0.149. The van der Waals surface area contributed by atoms with Gasteiger partial charge in [0.2, 0.25) is 0 Å². The first-order chi connectivity index (χ1) is 12.4. The summed E-state index contributed by atoms with van der Waals surface area (Å²) in [5, 5.41) is 0.349. The molecule has 0 N–H and O–H groups in total. The molecule has 0 aromatic carbocycles. The van der Waals surface area contributed by atoms with Crippen molar-refractivity contribution < 1.29 is 19.1 Å². The Morgan fingerprint density at radius 3 is 2.69 bits per heavy atom. The first-order valence-corrected chi connectivity index (χ1v) is 9.57. The summed E-state index contributed by atoms with van der Waals surface area (Å²) in [5.74, 6) is -0.903. The van der Waals surface area contributed by atoms with E-state index in [4.69, 9.17) is 9.47 Å². The van der Waals surface area contributed by atoms with E-state index in [1.54, 1.807) is 20.8 Å². The van der Waals surface area contributed by atoms with E-state index in [0.717, 1.165) is 37.0 Å². The smallest absolute Gasteiger partial charge is 0.348 e. The van der Waals surface area contributed by atoms with Gasteiger partial charge in [-0.2, -0.15) is 0 Å². The first kappa shape index (κ1) is 18.6. The molecule has 1 fully saturated rings. The van der Waals surface area contributed by atoms with Crippen LogP contribution in [-0.4, -0.2) is 33.7 Å². The lowest BCUT2D eigenvalue weighted by atomic mass is 10.2. The van der Waals surface area contributed by atoms with Crippen LogP contribution in [0.1, 0.15) is 54.8 Å². The molecule has 0 radical (unpaired) electrons. The molecule has 0 unspecified atom stereocenters. The van der Waals surface area contributed by atoms with E-state index in [-0.39, 0.29) is 24.3 Å². The third-order valence-corrected chi connectivity index (χ3v) is 5.53. The summed E-state index contributed by atoms with van der Waals surface area (Å²) in [4.78, 5) is 42.1. The van der Waals surface area contributed by atoms with Gasteiger partial charge in [0.15, 0.2) is 0 Å². The van der Waals surface area contributed by atoms with Gasteiger partial charge >= 0.3 is 11.9 Å². The minimum Gasteiger partial charge on any atom is -0.461 e. The fraction of sp³-hybridized carbons (Fsp3) is 0.556. The number of esters is 2. The number of hydrogen-bond donors (Lipinski definition) is 0. The third kappa shape index (κ3) is 3.80. The number of aromatic nitrogens is 2. The van der Waals surface area contributed by atoms with E-state index in [9.17, 15) is 14.4 Å². The first-order valence-electron chi connectivity index (χ1n) is 8.75. The van der Waals surface area contributed by atoms with Crippen LogP contribution in [0.3, 0.4) is 0 Å². The number of thiophene rings is 1. The van der Waals surface area contributed by atoms with Crippen molar-refractivity contribution in [3.63, 3.8) is 0 Å². The molecule has 0 bridgehead atoms. The van der Waals surface area contributed by atoms with Gasteiger partial charge in [-0.3, -0.25) is 14.2 Å². The Hall–Kier alpha value is -2.22. The molecule has 1 aliphatic carbocycles. The number of rotatable bonds is 5. The van der Waals surface area contributed by atoms with Crippen molar-refractivity contribution in [3.8, 4) is 0 Å². The van der Waals surface area contributed by atoms with Crippen LogP contribution >= 0.6 is 11.3 Å². The summed E-state index contributed by atoms with van der Waals surface area (Å²) in [7, 11) is 0. The van der Waals surface area contributed by atoms with Gasteiger partial charge in [-0.05, 0) is 52.0 Å². The molecule has 2 heterocycles. The zero-order valence-electron chi connectivity index (χ0n) is 15.1. The van der Waals surface area contributed by atoms with Crippen molar-refractivity contribution >= 4 is 33.5 Å². The molecule has 0 aliphatic heterocycles. The topological polar surface area (TPSA) is 87.5 Å². The zero-order chi connectivity index (χ0) is 18.8. The predicted octanol–water partition coefficient (Wildman–Crippen LogP) is 2.82. The Labute approximate surface area is 154 Å². The highest BCUT2D eigenvalue weighted by atomic mass is 32.1. The second-order valence-electron chi connectivity index (χ2n) is 6.76. The van der Waals surface area contributed by atoms with Crippen molar-refractivity contribution in [1.29, 1.82) is 0 Å². The summed E-state index contributed by atoms with van der Waals surface area (Å²) >= 11 is 1.13. The molecule has 2 aromatic rings. The van der Waals surface area contributed by atoms with Crippen LogP contribution in [0.25, 0.3) is 10.2 Å². The quantitative estimate of drug-likeness (QED) is 0.744. The van der Waals surface area contributed by atoms with Crippen molar-refractivity contribution in [2.75, 3.05) is 0 Å². The molecule has 8 heteroatoms. The van der Waals surface area contributed by atoms with Gasteiger partial charge < -0.3 is 9.47 Å². The lowest BCUT2D eigenvalue weighted by Gasteiger charge is -2.12. The number of fused-ring (bicyclic) bond motifs is 1. The maximum absolute atomic E-state index is 12.7. The number of ether oxygens (including phenoxy) is 2. The van der Waals surface area contributed by atoms with E-state index in [2.05, 4.69) is 4.98 Å². The molecule has 2 aromatic heterocycles. The Kier molecular flexibility index (Phi) is 5.41. The maximum atomic E-state index is 12.7. The molecule has 0 atom stereocenters. The highest BCUT2D eigenvalue weighted by Gasteiger charge is 2.23. The van der Waals surface area contributed by atoms with E-state index >= 15 is 0 Å². The molecule has 1 saturated carbocycles. The van der Waals surface area contributed by atoms with E-state index < -0.39 is 11.9 Å². The number of nitrogens with zero attached hydrogens (tertiary/aromatic N) is 2. The van der Waals surface area contributed by atoms with Crippen LogP contribution in [0.15, 0.2) is 11.1 Å². The maximum Gasteiger partial charge on any atom is 0.348 e. The molecule has 7 nitrogen and oxygen atoms in total. The fourth-order valence-electron chi connectivity index (χ4n) is 3.10. The number of aryl methyl sites for hydroxylation is 1. The Morgan fingerprint density at radius 1 is 1.35 bits per heavy atom. The Bertz CT molecular complexity index is 893. The summed E-state index contributed by atoms with van der Waals surface area (Å²) in [5.41, 5.74) is 0.183. The normalized spacial score (nSPS) is 14.9. The van der Waals surface area contributed by atoms with Gasteiger partial charge in [-0.25, -0.2) is 9.78 Å². The van der Waals surface area contributed by atoms with Crippen LogP contribution in [0, 0.1) is 6.92 Å². The van der Waals surface area contributed by atoms with Crippen LogP contribution in [0.2, 0.25) is 0 Å². The molecule has 1 aliphatic rings. The van der Waals surface area contributed by atoms with Gasteiger partial charge in [-0.1, -0.05) is 0 Å².